The third-order valence-corrected chi connectivity index (χ3v) is 9.87. The number of nitrogens with zero attached hydrogens (tertiary/aromatic N) is 4. The number of piperidine rings is 1. The Morgan fingerprint density at radius 2 is 1.69 bits per heavy atom. The van der Waals surface area contributed by atoms with Gasteiger partial charge in [-0.2, -0.15) is 18.4 Å². The molecule has 3 atom stereocenters. The summed E-state index contributed by atoms with van der Waals surface area (Å²) < 4.78 is 52.9. The van der Waals surface area contributed by atoms with E-state index in [4.69, 9.17) is 22.1 Å². The lowest BCUT2D eigenvalue weighted by molar-refractivity contribution is -0.137. The number of likely N-dealkylation sites (tertiary alicyclic amines) is 1. The fourth-order valence-electron chi connectivity index (χ4n) is 7.36. The fourth-order valence-corrected chi connectivity index (χ4v) is 8.07. The Kier molecular flexibility index (Phi) is 10.5. The topological polar surface area (TPSA) is 86.1 Å². The molecule has 1 aliphatic carbocycles. The van der Waals surface area contributed by atoms with E-state index in [1.807, 2.05) is 30.6 Å². The van der Waals surface area contributed by atoms with Crippen molar-refractivity contribution < 1.29 is 32.2 Å². The first kappa shape index (κ1) is 35.4. The van der Waals surface area contributed by atoms with Gasteiger partial charge in [0.25, 0.3) is 0 Å². The van der Waals surface area contributed by atoms with Gasteiger partial charge in [-0.1, -0.05) is 0 Å². The first-order valence-corrected chi connectivity index (χ1v) is 16.4. The summed E-state index contributed by atoms with van der Waals surface area (Å²) in [4.78, 5) is 31.5. The minimum atomic E-state index is -4.72. The molecule has 45 heavy (non-hydrogen) atoms. The quantitative estimate of drug-likeness (QED) is 0.323. The molecular weight excluding hydrogens is 605 g/mol. The van der Waals surface area contributed by atoms with Crippen molar-refractivity contribution in [2.45, 2.75) is 140 Å². The number of halogens is 3. The van der Waals surface area contributed by atoms with Crippen molar-refractivity contribution in [3.8, 4) is 6.07 Å². The van der Waals surface area contributed by atoms with Gasteiger partial charge < -0.3 is 14.4 Å². The van der Waals surface area contributed by atoms with Crippen LogP contribution in [0.25, 0.3) is 0 Å². The molecule has 2 heterocycles. The summed E-state index contributed by atoms with van der Waals surface area (Å²) >= 11 is 4.74. The Hall–Kier alpha value is -2.49. The molecule has 3 unspecified atom stereocenters. The van der Waals surface area contributed by atoms with Gasteiger partial charge in [-0.15, -0.1) is 12.6 Å². The number of carbonyl (C=O) groups is 2. The largest absolute Gasteiger partial charge is 0.444 e. The molecule has 1 saturated carbocycles. The highest BCUT2D eigenvalue weighted by Gasteiger charge is 2.54. The van der Waals surface area contributed by atoms with Crippen molar-refractivity contribution in [1.29, 1.82) is 5.26 Å². The van der Waals surface area contributed by atoms with E-state index in [1.165, 1.54) is 11.0 Å². The van der Waals surface area contributed by atoms with Gasteiger partial charge in [0.2, 0.25) is 5.91 Å². The van der Waals surface area contributed by atoms with E-state index in [-0.39, 0.29) is 41.9 Å². The van der Waals surface area contributed by atoms with E-state index in [0.29, 0.717) is 12.5 Å². The normalized spacial score (nSPS) is 29.5. The van der Waals surface area contributed by atoms with Crippen LogP contribution in [0.2, 0.25) is 0 Å². The van der Waals surface area contributed by atoms with Gasteiger partial charge >= 0.3 is 12.3 Å². The van der Waals surface area contributed by atoms with Crippen molar-refractivity contribution in [1.82, 2.24) is 9.80 Å². The maximum Gasteiger partial charge on any atom is 0.417 e. The molecule has 12 heteroatoms. The molecule has 1 aromatic rings. The molecule has 4 rings (SSSR count). The SMILES string of the molecule is CC1CC(CCOC2CCC(N3C(S)N(c4ccc(C#N)c(C(F)(F)F)c4)C(=O)C3(C)C)CC2)CC(C)N1C(=O)OC(C)(C)C. The molecule has 1 aromatic carbocycles. The second kappa shape index (κ2) is 13.3. The minimum absolute atomic E-state index is 0.00986. The monoisotopic (exact) mass is 652 g/mol. The second-order valence-electron chi connectivity index (χ2n) is 14.3. The van der Waals surface area contributed by atoms with Crippen molar-refractivity contribution >= 4 is 30.3 Å². The van der Waals surface area contributed by atoms with Crippen molar-refractivity contribution in [3.05, 3.63) is 29.3 Å². The standard InChI is InChI=1S/C33H47F3N4O4S/c1-20-16-22(17-21(2)38(20)30(42)44-31(3,4)5)14-15-43-26-12-10-24(11-13-26)40-29(45)39(28(41)32(40,6)7)25-9-8-23(19-37)27(18-25)33(34,35)36/h8-9,18,20-22,24,26,29,45H,10-17H2,1-7H3. The number of ether oxygens (including phenoxy) is 2. The molecule has 250 valence electrons. The number of alkyl halides is 3. The van der Waals surface area contributed by atoms with Crippen LogP contribution in [0.1, 0.15) is 105 Å². The lowest BCUT2D eigenvalue weighted by atomic mass is 9.85. The predicted molar refractivity (Wildman–Crippen MR) is 169 cm³/mol. The van der Waals surface area contributed by atoms with E-state index in [9.17, 15) is 28.0 Å². The molecule has 2 saturated heterocycles. The first-order valence-electron chi connectivity index (χ1n) is 15.9. The highest BCUT2D eigenvalue weighted by molar-refractivity contribution is 7.81. The van der Waals surface area contributed by atoms with E-state index in [1.54, 1.807) is 19.9 Å². The summed E-state index contributed by atoms with van der Waals surface area (Å²) in [5, 5.41) is 9.18. The molecule has 0 bridgehead atoms. The third kappa shape index (κ3) is 7.74. The summed E-state index contributed by atoms with van der Waals surface area (Å²) in [6, 6.07) is 5.13. The van der Waals surface area contributed by atoms with Gasteiger partial charge in [0, 0.05) is 30.4 Å². The lowest BCUT2D eigenvalue weighted by Crippen LogP contribution is -2.52. The number of hydrogen-bond acceptors (Lipinski definition) is 7. The van der Waals surface area contributed by atoms with Crippen LogP contribution in [0.15, 0.2) is 18.2 Å². The molecule has 3 aliphatic rings. The summed E-state index contributed by atoms with van der Waals surface area (Å²) in [5.74, 6) is 0.123. The zero-order chi connectivity index (χ0) is 33.5. The number of thiol groups is 1. The number of rotatable bonds is 6. The molecular formula is C33H47F3N4O4S. The van der Waals surface area contributed by atoms with E-state index in [2.05, 4.69) is 13.8 Å². The molecule has 0 N–H and O–H groups in total. The van der Waals surface area contributed by atoms with Crippen LogP contribution in [0.5, 0.6) is 0 Å². The zero-order valence-electron chi connectivity index (χ0n) is 27.4. The molecule has 0 aromatic heterocycles. The smallest absolute Gasteiger partial charge is 0.417 e. The predicted octanol–water partition coefficient (Wildman–Crippen LogP) is 7.36. The third-order valence-electron chi connectivity index (χ3n) is 9.39. The minimum Gasteiger partial charge on any atom is -0.444 e. The van der Waals surface area contributed by atoms with Crippen LogP contribution < -0.4 is 4.90 Å². The van der Waals surface area contributed by atoms with Crippen LogP contribution in [0, 0.1) is 17.2 Å². The van der Waals surface area contributed by atoms with E-state index < -0.39 is 33.9 Å². The van der Waals surface area contributed by atoms with Gasteiger partial charge in [0.05, 0.1) is 28.8 Å². The maximum atomic E-state index is 13.7. The van der Waals surface area contributed by atoms with Crippen LogP contribution in [0.4, 0.5) is 23.7 Å². The van der Waals surface area contributed by atoms with Gasteiger partial charge in [-0.25, -0.2) is 4.79 Å². The Bertz CT molecular complexity index is 1270. The fraction of sp³-hybridized carbons (Fsp3) is 0.727. The van der Waals surface area contributed by atoms with E-state index in [0.717, 1.165) is 57.1 Å². The second-order valence-corrected chi connectivity index (χ2v) is 14.8. The maximum absolute atomic E-state index is 13.7. The molecule has 0 spiro atoms. The molecule has 0 radical (unpaired) electrons. The summed E-state index contributed by atoms with van der Waals surface area (Å²) in [6.07, 6.45) is 1.01. The Morgan fingerprint density at radius 1 is 1.09 bits per heavy atom. The van der Waals surface area contributed by atoms with Crippen LogP contribution in [0.3, 0.4) is 0 Å². The summed E-state index contributed by atoms with van der Waals surface area (Å²) in [6.45, 7) is 14.0. The number of hydrogen-bond donors (Lipinski definition) is 1. The van der Waals surface area contributed by atoms with Crippen LogP contribution in [-0.2, 0) is 20.4 Å². The lowest BCUT2D eigenvalue weighted by Gasteiger charge is -2.43. The summed E-state index contributed by atoms with van der Waals surface area (Å²) in [7, 11) is 0. The van der Waals surface area contributed by atoms with Gasteiger partial charge in [0.1, 0.15) is 11.1 Å². The van der Waals surface area contributed by atoms with Gasteiger partial charge in [-0.3, -0.25) is 14.6 Å². The van der Waals surface area contributed by atoms with Crippen LogP contribution >= 0.6 is 12.6 Å². The Balaban J connectivity index is 1.31. The molecule has 2 amide bonds. The van der Waals surface area contributed by atoms with E-state index >= 15 is 0 Å². The Morgan fingerprint density at radius 3 is 2.22 bits per heavy atom. The van der Waals surface area contributed by atoms with Crippen LogP contribution in [-0.4, -0.2) is 69.3 Å². The zero-order valence-corrected chi connectivity index (χ0v) is 28.3. The number of benzene rings is 1. The average molecular weight is 653 g/mol. The van der Waals surface area contributed by atoms with Crippen molar-refractivity contribution in [2.75, 3.05) is 11.5 Å². The molecule has 3 fully saturated rings. The number of nitriles is 1. The van der Waals surface area contributed by atoms with Crippen molar-refractivity contribution in [3.63, 3.8) is 0 Å². The number of amides is 2. The highest BCUT2D eigenvalue weighted by Crippen LogP contribution is 2.43. The first-order chi connectivity index (χ1) is 20.8. The number of carbonyl (C=O) groups excluding carboxylic acids is 2. The Labute approximate surface area is 270 Å². The van der Waals surface area contributed by atoms with Crippen molar-refractivity contribution in [2.24, 2.45) is 5.92 Å². The summed E-state index contributed by atoms with van der Waals surface area (Å²) in [5.41, 5.74) is -3.74. The van der Waals surface area contributed by atoms with Gasteiger partial charge in [-0.05, 0) is 118 Å². The number of anilines is 1. The highest BCUT2D eigenvalue weighted by atomic mass is 32.1. The average Bonchev–Trinajstić information content (AvgIpc) is 3.09. The molecule has 8 nitrogen and oxygen atoms in total. The van der Waals surface area contributed by atoms with Gasteiger partial charge in [0.15, 0.2) is 0 Å². The molecule has 2 aliphatic heterocycles.